The van der Waals surface area contributed by atoms with Gasteiger partial charge in [0.15, 0.2) is 6.54 Å². The molecule has 0 aromatic heterocycles. The van der Waals surface area contributed by atoms with Gasteiger partial charge in [0.25, 0.3) is 5.91 Å². The van der Waals surface area contributed by atoms with Crippen molar-refractivity contribution in [1.29, 1.82) is 0 Å². The maximum atomic E-state index is 12.1. The molecule has 1 heterocycles. The van der Waals surface area contributed by atoms with Gasteiger partial charge in [0.2, 0.25) is 0 Å². The number of benzodiazepines with no additional fused rings is 1. The van der Waals surface area contributed by atoms with Gasteiger partial charge in [-0.25, -0.2) is 0 Å². The zero-order valence-corrected chi connectivity index (χ0v) is 12.7. The first-order valence-corrected chi connectivity index (χ1v) is 7.69. The van der Waals surface area contributed by atoms with Crippen molar-refractivity contribution in [3.8, 4) is 0 Å². The van der Waals surface area contributed by atoms with E-state index in [9.17, 15) is 4.79 Å². The van der Waals surface area contributed by atoms with Crippen molar-refractivity contribution >= 4 is 17.4 Å². The van der Waals surface area contributed by atoms with Crippen LogP contribution in [0.25, 0.3) is 0 Å². The van der Waals surface area contributed by atoms with Crippen LogP contribution in [0.15, 0.2) is 29.3 Å². The van der Waals surface area contributed by atoms with E-state index in [1.165, 1.54) is 38.6 Å². The molecule has 0 N–H and O–H groups in total. The standard InChI is InChI=1S/C17H22N3O/c1-19(13-8-4-3-5-9-13)17-14-10-6-7-11-15(14)20(2)16(21)12-18-17/h6-7,10-13H,3-5,8-9H2,1-2H3. The Kier molecular flexibility index (Phi) is 3.95. The van der Waals surface area contributed by atoms with Gasteiger partial charge in [-0.05, 0) is 25.0 Å². The summed E-state index contributed by atoms with van der Waals surface area (Å²) in [5.74, 6) is 0.838. The number of aliphatic imine (C=N–C) groups is 1. The summed E-state index contributed by atoms with van der Waals surface area (Å²) in [6, 6.07) is 8.53. The highest BCUT2D eigenvalue weighted by atomic mass is 16.2. The molecule has 1 aromatic carbocycles. The van der Waals surface area contributed by atoms with Gasteiger partial charge in [0.05, 0.1) is 5.69 Å². The normalized spacial score (nSPS) is 19.8. The van der Waals surface area contributed by atoms with Gasteiger partial charge in [-0.1, -0.05) is 31.4 Å². The zero-order valence-electron chi connectivity index (χ0n) is 12.7. The highest BCUT2D eigenvalue weighted by Gasteiger charge is 2.27. The van der Waals surface area contributed by atoms with E-state index in [0.29, 0.717) is 6.04 Å². The fourth-order valence-corrected chi connectivity index (χ4v) is 3.27. The van der Waals surface area contributed by atoms with E-state index in [1.54, 1.807) is 11.9 Å². The van der Waals surface area contributed by atoms with Crippen LogP contribution >= 0.6 is 0 Å². The minimum Gasteiger partial charge on any atom is -0.356 e. The second-order valence-corrected chi connectivity index (χ2v) is 5.90. The number of amidine groups is 1. The predicted octanol–water partition coefficient (Wildman–Crippen LogP) is 2.84. The van der Waals surface area contributed by atoms with Crippen LogP contribution in [-0.4, -0.2) is 36.8 Å². The lowest BCUT2D eigenvalue weighted by Crippen LogP contribution is -2.39. The largest absolute Gasteiger partial charge is 0.356 e. The Morgan fingerprint density at radius 2 is 1.90 bits per heavy atom. The summed E-state index contributed by atoms with van der Waals surface area (Å²) in [6.07, 6.45) is 6.32. The van der Waals surface area contributed by atoms with Crippen molar-refractivity contribution in [1.82, 2.24) is 4.90 Å². The topological polar surface area (TPSA) is 35.9 Å². The van der Waals surface area contributed by atoms with Crippen LogP contribution in [-0.2, 0) is 4.79 Å². The number of carbonyl (C=O) groups excluding carboxylic acids is 1. The molecule has 0 spiro atoms. The summed E-state index contributed by atoms with van der Waals surface area (Å²) >= 11 is 0. The van der Waals surface area contributed by atoms with Crippen LogP contribution in [0.2, 0.25) is 0 Å². The average Bonchev–Trinajstić information content (AvgIpc) is 2.66. The van der Waals surface area contributed by atoms with Crippen molar-refractivity contribution in [2.45, 2.75) is 38.1 Å². The minimum absolute atomic E-state index is 0.0745. The maximum Gasteiger partial charge on any atom is 0.254 e. The molecule has 21 heavy (non-hydrogen) atoms. The number of carbonyl (C=O) groups is 1. The van der Waals surface area contributed by atoms with E-state index in [4.69, 9.17) is 0 Å². The molecule has 0 bridgehead atoms. The second kappa shape index (κ2) is 5.88. The van der Waals surface area contributed by atoms with E-state index in [1.807, 2.05) is 18.2 Å². The Labute approximate surface area is 126 Å². The molecule has 3 rings (SSSR count). The first-order chi connectivity index (χ1) is 10.2. The number of nitrogens with zero attached hydrogens (tertiary/aromatic N) is 3. The number of likely N-dealkylation sites (N-methyl/N-ethyl adjacent to an activating group) is 1. The SMILES string of the molecule is CN1C(=O)[CH]N=C(N(C)C2CCCCC2)c2ccccc21. The van der Waals surface area contributed by atoms with Gasteiger partial charge in [-0.15, -0.1) is 0 Å². The molecule has 1 saturated carbocycles. The lowest BCUT2D eigenvalue weighted by molar-refractivity contribution is -0.115. The molecule has 0 unspecified atom stereocenters. The summed E-state index contributed by atoms with van der Waals surface area (Å²) in [5.41, 5.74) is 1.97. The number of anilines is 1. The quantitative estimate of drug-likeness (QED) is 0.795. The predicted molar refractivity (Wildman–Crippen MR) is 85.3 cm³/mol. The van der Waals surface area contributed by atoms with E-state index in [0.717, 1.165) is 17.1 Å². The van der Waals surface area contributed by atoms with Crippen LogP contribution in [0.5, 0.6) is 0 Å². The number of hydrogen-bond acceptors (Lipinski definition) is 3. The van der Waals surface area contributed by atoms with Gasteiger partial charge >= 0.3 is 0 Å². The van der Waals surface area contributed by atoms with Crippen LogP contribution in [0, 0.1) is 6.54 Å². The van der Waals surface area contributed by atoms with Gasteiger partial charge in [0, 0.05) is 25.7 Å². The molecule has 4 heteroatoms. The number of hydrogen-bond donors (Lipinski definition) is 0. The van der Waals surface area contributed by atoms with Gasteiger partial charge < -0.3 is 9.80 Å². The van der Waals surface area contributed by atoms with Crippen molar-refractivity contribution in [2.24, 2.45) is 4.99 Å². The highest BCUT2D eigenvalue weighted by Crippen LogP contribution is 2.28. The van der Waals surface area contributed by atoms with Crippen LogP contribution in [0.3, 0.4) is 0 Å². The summed E-state index contributed by atoms with van der Waals surface area (Å²) in [4.78, 5) is 20.5. The first-order valence-electron chi connectivity index (χ1n) is 7.69. The number of rotatable bonds is 1. The average molecular weight is 284 g/mol. The Bertz CT molecular complexity index is 561. The fourth-order valence-electron chi connectivity index (χ4n) is 3.27. The van der Waals surface area contributed by atoms with Crippen molar-refractivity contribution in [3.05, 3.63) is 36.4 Å². The highest BCUT2D eigenvalue weighted by molar-refractivity contribution is 6.12. The van der Waals surface area contributed by atoms with Crippen molar-refractivity contribution < 1.29 is 4.79 Å². The molecule has 1 amide bonds. The van der Waals surface area contributed by atoms with Gasteiger partial charge in [-0.3, -0.25) is 9.79 Å². The van der Waals surface area contributed by atoms with E-state index >= 15 is 0 Å². The molecule has 0 saturated heterocycles. The lowest BCUT2D eigenvalue weighted by atomic mass is 9.94. The molecule has 4 nitrogen and oxygen atoms in total. The third-order valence-electron chi connectivity index (χ3n) is 4.59. The fraction of sp³-hybridized carbons (Fsp3) is 0.471. The van der Waals surface area contributed by atoms with Crippen LogP contribution in [0.1, 0.15) is 37.7 Å². The zero-order chi connectivity index (χ0) is 14.8. The summed E-state index contributed by atoms with van der Waals surface area (Å²) < 4.78 is 0. The number of fused-ring (bicyclic) bond motifs is 1. The Morgan fingerprint density at radius 3 is 2.67 bits per heavy atom. The number of benzene rings is 1. The Balaban J connectivity index is 1.97. The molecule has 1 aromatic rings. The van der Waals surface area contributed by atoms with Gasteiger partial charge in [0.1, 0.15) is 5.84 Å². The van der Waals surface area contributed by atoms with E-state index < -0.39 is 0 Å². The van der Waals surface area contributed by atoms with Crippen LogP contribution in [0.4, 0.5) is 5.69 Å². The second-order valence-electron chi connectivity index (χ2n) is 5.90. The molecule has 1 fully saturated rings. The minimum atomic E-state index is -0.0745. The van der Waals surface area contributed by atoms with E-state index in [-0.39, 0.29) is 5.91 Å². The first kappa shape index (κ1) is 14.1. The Morgan fingerprint density at radius 1 is 1.19 bits per heavy atom. The summed E-state index contributed by atoms with van der Waals surface area (Å²) in [5, 5.41) is 0. The molecular weight excluding hydrogens is 262 g/mol. The maximum absolute atomic E-state index is 12.1. The van der Waals surface area contributed by atoms with Gasteiger partial charge in [-0.2, -0.15) is 0 Å². The molecular formula is C17H22N3O. The van der Waals surface area contributed by atoms with Crippen LogP contribution < -0.4 is 4.90 Å². The molecule has 1 radical (unpaired) electrons. The molecule has 0 atom stereocenters. The Hall–Kier alpha value is -1.84. The molecule has 111 valence electrons. The monoisotopic (exact) mass is 284 g/mol. The molecule has 2 aliphatic rings. The number of para-hydroxylation sites is 1. The third-order valence-corrected chi connectivity index (χ3v) is 4.59. The summed E-state index contributed by atoms with van der Waals surface area (Å²) in [7, 11) is 3.91. The van der Waals surface area contributed by atoms with Crippen molar-refractivity contribution in [2.75, 3.05) is 19.0 Å². The van der Waals surface area contributed by atoms with Crippen molar-refractivity contribution in [3.63, 3.8) is 0 Å². The molecule has 1 aliphatic heterocycles. The third kappa shape index (κ3) is 2.67. The van der Waals surface area contributed by atoms with E-state index in [2.05, 4.69) is 23.0 Å². The summed E-state index contributed by atoms with van der Waals surface area (Å²) in [6.45, 7) is 1.44. The number of amides is 1. The molecule has 1 aliphatic carbocycles. The smallest absolute Gasteiger partial charge is 0.254 e. The lowest BCUT2D eigenvalue weighted by Gasteiger charge is -2.34.